The minimum absolute atomic E-state index is 0.00407. The Bertz CT molecular complexity index is 2740. The van der Waals surface area contributed by atoms with Crippen LogP contribution in [-0.2, 0) is 5.54 Å². The lowest BCUT2D eigenvalue weighted by Crippen LogP contribution is -2.38. The fourth-order valence-corrected chi connectivity index (χ4v) is 7.43. The summed E-state index contributed by atoms with van der Waals surface area (Å²) in [7, 11) is 0. The van der Waals surface area contributed by atoms with Gasteiger partial charge in [-0.25, -0.2) is 4.98 Å². The lowest BCUT2D eigenvalue weighted by Gasteiger charge is -2.37. The number of hydrogen-bond donors (Lipinski definition) is 1. The smallest absolute Gasteiger partial charge is 0.395 e. The average molecular weight is 1030 g/mol. The van der Waals surface area contributed by atoms with Crippen LogP contribution in [0.1, 0.15) is 23.6 Å². The summed E-state index contributed by atoms with van der Waals surface area (Å²) in [6, 6.07) is 41.4. The minimum atomic E-state index is -3.74. The quantitative estimate of drug-likeness (QED) is 0.127. The number of hydrogen-bond acceptors (Lipinski definition) is 10. The number of benzene rings is 6. The van der Waals surface area contributed by atoms with Gasteiger partial charge in [0.15, 0.2) is 34.5 Å². The van der Waals surface area contributed by atoms with Crippen LogP contribution in [0.5, 0.6) is 34.5 Å². The van der Waals surface area contributed by atoms with Crippen molar-refractivity contribution in [2.45, 2.75) is 31.3 Å². The molecule has 10 rings (SSSR count). The molecule has 7 aromatic rings. The molecule has 66 heavy (non-hydrogen) atoms. The van der Waals surface area contributed by atoms with Crippen LogP contribution < -0.4 is 33.7 Å². The predicted octanol–water partition coefficient (Wildman–Crippen LogP) is 14.1. The number of fused-ring (bicyclic) bond motifs is 3. The molecule has 3 aliphatic rings. The molecule has 338 valence electrons. The number of alkyl halides is 6. The zero-order valence-electron chi connectivity index (χ0n) is 33.4. The highest BCUT2D eigenvalue weighted by Crippen LogP contribution is 2.47. The summed E-state index contributed by atoms with van der Waals surface area (Å²) in [6.45, 7) is 1.43. The molecular weight excluding hydrogens is 1000 g/mol. The lowest BCUT2D eigenvalue weighted by atomic mass is 9.77. The molecule has 1 aromatic heterocycles. The van der Waals surface area contributed by atoms with Gasteiger partial charge in [-0.05, 0) is 50.8 Å². The van der Waals surface area contributed by atoms with Crippen molar-refractivity contribution < 1.29 is 54.8 Å². The molecule has 0 fully saturated rings. The Morgan fingerprint density at radius 3 is 1.41 bits per heavy atom. The Labute approximate surface area is 395 Å². The zero-order chi connectivity index (χ0) is 47.3. The van der Waals surface area contributed by atoms with Gasteiger partial charge < -0.3 is 33.7 Å². The molecule has 0 bridgehead atoms. The molecule has 1 N–H and O–H groups in total. The van der Waals surface area contributed by atoms with E-state index in [1.807, 2.05) is 54.6 Å². The van der Waals surface area contributed by atoms with Crippen LogP contribution >= 0.6 is 50.7 Å². The molecule has 0 atom stereocenters. The second-order valence-electron chi connectivity index (χ2n) is 13.6. The first-order valence-corrected chi connectivity index (χ1v) is 20.8. The summed E-state index contributed by atoms with van der Waals surface area (Å²) >= 11 is 20.6. The van der Waals surface area contributed by atoms with Gasteiger partial charge in [0, 0.05) is 46.2 Å². The summed E-state index contributed by atoms with van der Waals surface area (Å²) in [5, 5.41) is 11.8. The molecule has 10 nitrogen and oxygen atoms in total. The zero-order valence-corrected chi connectivity index (χ0v) is 37.3. The van der Waals surface area contributed by atoms with E-state index in [0.29, 0.717) is 31.6 Å². The van der Waals surface area contributed by atoms with Crippen molar-refractivity contribution in [1.29, 1.82) is 5.26 Å². The molecule has 0 saturated heterocycles. The van der Waals surface area contributed by atoms with E-state index in [1.165, 1.54) is 55.6 Å². The highest BCUT2D eigenvalue weighted by Gasteiger charge is 2.45. The maximum atomic E-state index is 13.5. The molecule has 20 heteroatoms. The lowest BCUT2D eigenvalue weighted by molar-refractivity contribution is -0.287. The number of halogens is 10. The molecule has 0 unspecified atom stereocenters. The summed E-state index contributed by atoms with van der Waals surface area (Å²) < 4.78 is 103. The van der Waals surface area contributed by atoms with Crippen molar-refractivity contribution >= 4 is 56.6 Å². The number of aromatic nitrogens is 2. The van der Waals surface area contributed by atoms with Gasteiger partial charge in [-0.1, -0.05) is 126 Å². The molecule has 0 saturated carbocycles. The molecule has 6 aromatic carbocycles. The second-order valence-corrected chi connectivity index (χ2v) is 15.7. The van der Waals surface area contributed by atoms with Gasteiger partial charge in [-0.2, -0.15) is 5.26 Å². The maximum Gasteiger partial charge on any atom is 0.586 e. The number of rotatable bonds is 6. The van der Waals surface area contributed by atoms with Crippen LogP contribution in [0.2, 0.25) is 15.1 Å². The molecular formula is C46H28BrCl3F6N4O6. The van der Waals surface area contributed by atoms with Gasteiger partial charge in [0.2, 0.25) is 0 Å². The number of nitriles is 1. The van der Waals surface area contributed by atoms with Crippen molar-refractivity contribution in [2.24, 2.45) is 0 Å². The van der Waals surface area contributed by atoms with Crippen molar-refractivity contribution in [3.05, 3.63) is 182 Å². The standard InChI is InChI=1S/C30H20ClF2N3O2.C7H2BrClF2O2.C7H3ClF2O2.C2H3N/c31-24-17-27-26(37-30(32,33)38-27)16-23(24)25-18-35-28(19-34-25)36-29(20-10-4-1-5-11-20,21-12-6-2-7-13-21)22-14-8-3-9-15-22;8-3-1-5-6(2-4(3)9)13-7(10,11)12-5;8-4-1-2-5-6(3-4)12-7(9,10)11-5;1-2-3/h1-19H,(H,35,36);1-2H;1-3H;1H3. The third-order valence-electron chi connectivity index (χ3n) is 9.16. The minimum Gasteiger partial charge on any atom is -0.395 e. The van der Waals surface area contributed by atoms with E-state index in [-0.39, 0.29) is 39.5 Å². The van der Waals surface area contributed by atoms with Crippen LogP contribution in [-0.4, -0.2) is 28.9 Å². The van der Waals surface area contributed by atoms with Gasteiger partial charge in [0.1, 0.15) is 11.4 Å². The molecule has 4 heterocycles. The summed E-state index contributed by atoms with van der Waals surface area (Å²) in [4.78, 5) is 9.17. The fourth-order valence-electron chi connectivity index (χ4n) is 6.54. The molecule has 0 aliphatic carbocycles. The van der Waals surface area contributed by atoms with Crippen molar-refractivity contribution in [3.63, 3.8) is 0 Å². The van der Waals surface area contributed by atoms with Crippen molar-refractivity contribution in [2.75, 3.05) is 5.32 Å². The van der Waals surface area contributed by atoms with E-state index >= 15 is 0 Å². The Morgan fingerprint density at radius 1 is 0.545 bits per heavy atom. The van der Waals surface area contributed by atoms with Crippen LogP contribution in [0.4, 0.5) is 32.2 Å². The third-order valence-corrected chi connectivity index (χ3v) is 10.9. The van der Waals surface area contributed by atoms with Crippen LogP contribution in [0.3, 0.4) is 0 Å². The Morgan fingerprint density at radius 2 is 0.955 bits per heavy atom. The molecule has 0 radical (unpaired) electrons. The first-order chi connectivity index (χ1) is 31.4. The van der Waals surface area contributed by atoms with Gasteiger partial charge in [0.25, 0.3) is 0 Å². The third kappa shape index (κ3) is 10.9. The van der Waals surface area contributed by atoms with E-state index in [0.717, 1.165) is 16.7 Å². The monoisotopic (exact) mass is 1030 g/mol. The Kier molecular flexibility index (Phi) is 14.0. The number of ether oxygens (including phenoxy) is 6. The highest BCUT2D eigenvalue weighted by molar-refractivity contribution is 9.10. The topological polar surface area (TPSA) is 117 Å². The van der Waals surface area contributed by atoms with Crippen molar-refractivity contribution in [1.82, 2.24) is 9.97 Å². The van der Waals surface area contributed by atoms with Gasteiger partial charge in [-0.15, -0.1) is 26.3 Å². The molecule has 0 spiro atoms. The van der Waals surface area contributed by atoms with Crippen LogP contribution in [0.15, 0.2) is 150 Å². The van der Waals surface area contributed by atoms with Gasteiger partial charge >= 0.3 is 18.9 Å². The average Bonchev–Trinajstić information content (AvgIpc) is 3.88. The van der Waals surface area contributed by atoms with E-state index in [4.69, 9.17) is 40.1 Å². The first kappa shape index (κ1) is 47.4. The SMILES string of the molecule is CC#N.FC1(F)Oc2cc(Cl)c(-c3cnc(NC(c4ccccc4)(c4ccccc4)c4ccccc4)cn3)cc2O1.FC1(F)Oc2cc(Cl)c(Br)cc2O1.FC1(F)Oc2ccc(Cl)cc2O1. The number of anilines is 1. The van der Waals surface area contributed by atoms with Crippen molar-refractivity contribution in [3.8, 4) is 51.8 Å². The number of nitrogens with zero attached hydrogens (tertiary/aromatic N) is 3. The summed E-state index contributed by atoms with van der Waals surface area (Å²) in [5.41, 5.74) is 3.06. The molecule has 3 aliphatic heterocycles. The summed E-state index contributed by atoms with van der Waals surface area (Å²) in [5.74, 6) is 0.146. The Balaban J connectivity index is 0.000000187. The van der Waals surface area contributed by atoms with Crippen LogP contribution in [0, 0.1) is 11.3 Å². The van der Waals surface area contributed by atoms with Gasteiger partial charge in [-0.3, -0.25) is 4.98 Å². The van der Waals surface area contributed by atoms with E-state index in [9.17, 15) is 26.3 Å². The maximum absolute atomic E-state index is 13.5. The molecule has 0 amide bonds. The Hall–Kier alpha value is -6.58. The predicted molar refractivity (Wildman–Crippen MR) is 236 cm³/mol. The summed E-state index contributed by atoms with van der Waals surface area (Å²) in [6.07, 6.45) is -7.76. The van der Waals surface area contributed by atoms with Crippen LogP contribution in [0.25, 0.3) is 11.3 Å². The highest BCUT2D eigenvalue weighted by atomic mass is 79.9. The van der Waals surface area contributed by atoms with Gasteiger partial charge in [0.05, 0.1) is 34.2 Å². The van der Waals surface area contributed by atoms with E-state index < -0.39 is 24.4 Å². The first-order valence-electron chi connectivity index (χ1n) is 18.9. The normalized spacial score (nSPS) is 14.8. The van der Waals surface area contributed by atoms with E-state index in [1.54, 1.807) is 12.3 Å². The largest absolute Gasteiger partial charge is 0.586 e. The fraction of sp³-hybridized carbons (Fsp3) is 0.109. The van der Waals surface area contributed by atoms with E-state index in [2.05, 4.69) is 96.0 Å². The second kappa shape index (κ2) is 19.5. The number of nitrogens with one attached hydrogen (secondary N) is 1.